The number of hydrogen-bond donors (Lipinski definition) is 1. The Morgan fingerprint density at radius 3 is 2.65 bits per heavy atom. The highest BCUT2D eigenvalue weighted by molar-refractivity contribution is 5.34. The summed E-state index contributed by atoms with van der Waals surface area (Å²) in [5.41, 5.74) is 3.10. The maximum absolute atomic E-state index is 10.3. The third-order valence-corrected chi connectivity index (χ3v) is 6.05. The van der Waals surface area contributed by atoms with Crippen LogP contribution in [0.4, 0.5) is 0 Å². The number of rotatable bonds is 4. The van der Waals surface area contributed by atoms with E-state index in [-0.39, 0.29) is 17.6 Å². The Morgan fingerprint density at radius 2 is 2.13 bits per heavy atom. The molecule has 126 valence electrons. The first-order valence-electron chi connectivity index (χ1n) is 8.59. The average molecular weight is 317 g/mol. The first-order chi connectivity index (χ1) is 11.0. The third-order valence-electron chi connectivity index (χ3n) is 6.05. The van der Waals surface area contributed by atoms with Crippen LogP contribution in [-0.2, 0) is 18.3 Å². The molecule has 1 saturated heterocycles. The van der Waals surface area contributed by atoms with Crippen LogP contribution in [0.25, 0.3) is 0 Å². The average Bonchev–Trinajstić information content (AvgIpc) is 2.83. The molecule has 1 aromatic heterocycles. The molecule has 3 rings (SSSR count). The third kappa shape index (κ3) is 2.69. The molecule has 0 aromatic carbocycles. The Balaban J connectivity index is 1.63. The van der Waals surface area contributed by atoms with Gasteiger partial charge in [-0.25, -0.2) is 0 Å². The topological polar surface area (TPSA) is 61.4 Å². The molecule has 0 bridgehead atoms. The van der Waals surface area contributed by atoms with E-state index in [4.69, 9.17) is 10.00 Å². The van der Waals surface area contributed by atoms with Crippen molar-refractivity contribution >= 4 is 0 Å². The van der Waals surface area contributed by atoms with E-state index in [1.807, 2.05) is 24.6 Å². The van der Waals surface area contributed by atoms with Gasteiger partial charge in [0.05, 0.1) is 12.2 Å². The molecule has 5 nitrogen and oxygen atoms in total. The van der Waals surface area contributed by atoms with E-state index >= 15 is 0 Å². The summed E-state index contributed by atoms with van der Waals surface area (Å²) in [5, 5.41) is 19.4. The minimum Gasteiger partial charge on any atom is -0.392 e. The summed E-state index contributed by atoms with van der Waals surface area (Å²) in [6.45, 7) is 7.67. The van der Waals surface area contributed by atoms with Crippen molar-refractivity contribution in [2.75, 3.05) is 19.7 Å². The highest BCUT2D eigenvalue weighted by Crippen LogP contribution is 2.51. The van der Waals surface area contributed by atoms with Gasteiger partial charge in [-0.05, 0) is 51.4 Å². The van der Waals surface area contributed by atoms with E-state index in [0.29, 0.717) is 0 Å². The molecule has 5 heteroatoms. The lowest BCUT2D eigenvalue weighted by Crippen LogP contribution is -2.62. The van der Waals surface area contributed by atoms with Crippen LogP contribution in [0, 0.1) is 23.7 Å². The predicted octanol–water partition coefficient (Wildman–Crippen LogP) is 1.96. The van der Waals surface area contributed by atoms with Crippen LogP contribution in [0.3, 0.4) is 0 Å². The number of aliphatic hydroxyl groups is 1. The number of piperidine rings is 1. The monoisotopic (exact) mass is 317 g/mol. The molecular weight excluding hydrogens is 290 g/mol. The lowest BCUT2D eigenvalue weighted by molar-refractivity contribution is -0.209. The van der Waals surface area contributed by atoms with Crippen molar-refractivity contribution in [3.8, 4) is 6.07 Å². The largest absolute Gasteiger partial charge is 0.392 e. The SMILES string of the molecule is CCOC1CC(O)C12CCN(Cc1cc(C#N)n(C)c1C)CC2. The molecule has 2 heterocycles. The summed E-state index contributed by atoms with van der Waals surface area (Å²) in [7, 11) is 1.94. The summed E-state index contributed by atoms with van der Waals surface area (Å²) >= 11 is 0. The standard InChI is InChI=1S/C18H27N3O2/c1-4-23-17-10-16(22)18(17)5-7-21(8-6-18)12-14-9-15(11-19)20(3)13(14)2/h9,16-17,22H,4-8,10,12H2,1-3H3. The van der Waals surface area contributed by atoms with Crippen LogP contribution in [0.1, 0.15) is 43.1 Å². The summed E-state index contributed by atoms with van der Waals surface area (Å²) in [6.07, 6.45) is 2.81. The van der Waals surface area contributed by atoms with Crippen LogP contribution in [-0.4, -0.2) is 46.5 Å². The summed E-state index contributed by atoms with van der Waals surface area (Å²) in [4.78, 5) is 2.43. The van der Waals surface area contributed by atoms with Crippen LogP contribution in [0.5, 0.6) is 0 Å². The molecule has 1 aromatic rings. The Morgan fingerprint density at radius 1 is 1.43 bits per heavy atom. The predicted molar refractivity (Wildman–Crippen MR) is 87.8 cm³/mol. The van der Waals surface area contributed by atoms with Gasteiger partial charge in [0.1, 0.15) is 11.8 Å². The molecule has 0 amide bonds. The molecule has 0 radical (unpaired) electrons. The molecule has 1 spiro atoms. The molecule has 1 N–H and O–H groups in total. The van der Waals surface area contributed by atoms with Crippen LogP contribution in [0.2, 0.25) is 0 Å². The van der Waals surface area contributed by atoms with Crippen molar-refractivity contribution in [1.82, 2.24) is 9.47 Å². The van der Waals surface area contributed by atoms with Crippen molar-refractivity contribution in [2.24, 2.45) is 12.5 Å². The fourth-order valence-corrected chi connectivity index (χ4v) is 4.21. The van der Waals surface area contributed by atoms with Crippen molar-refractivity contribution < 1.29 is 9.84 Å². The van der Waals surface area contributed by atoms with E-state index < -0.39 is 0 Å². The van der Waals surface area contributed by atoms with E-state index in [1.54, 1.807) is 0 Å². The van der Waals surface area contributed by atoms with Crippen LogP contribution < -0.4 is 0 Å². The Labute approximate surface area is 138 Å². The van der Waals surface area contributed by atoms with Gasteiger partial charge in [-0.1, -0.05) is 0 Å². The number of hydrogen-bond acceptors (Lipinski definition) is 4. The molecule has 23 heavy (non-hydrogen) atoms. The molecular formula is C18H27N3O2. The minimum atomic E-state index is -0.204. The maximum Gasteiger partial charge on any atom is 0.120 e. The number of likely N-dealkylation sites (tertiary alicyclic amines) is 1. The molecule has 2 unspecified atom stereocenters. The number of aliphatic hydroxyl groups excluding tert-OH is 1. The Kier molecular flexibility index (Phi) is 4.50. The first kappa shape index (κ1) is 16.5. The summed E-state index contributed by atoms with van der Waals surface area (Å²) in [6, 6.07) is 4.25. The summed E-state index contributed by atoms with van der Waals surface area (Å²) in [5.74, 6) is 0. The smallest absolute Gasteiger partial charge is 0.120 e. The van der Waals surface area contributed by atoms with Gasteiger partial charge in [-0.15, -0.1) is 0 Å². The van der Waals surface area contributed by atoms with E-state index in [9.17, 15) is 5.11 Å². The molecule has 1 aliphatic heterocycles. The fourth-order valence-electron chi connectivity index (χ4n) is 4.21. The highest BCUT2D eigenvalue weighted by atomic mass is 16.5. The number of nitrogens with zero attached hydrogens (tertiary/aromatic N) is 3. The molecule has 2 aliphatic rings. The molecule has 2 fully saturated rings. The van der Waals surface area contributed by atoms with Gasteiger partial charge in [0.25, 0.3) is 0 Å². The van der Waals surface area contributed by atoms with Gasteiger partial charge in [0.2, 0.25) is 0 Å². The van der Waals surface area contributed by atoms with Gasteiger partial charge in [-0.3, -0.25) is 4.90 Å². The van der Waals surface area contributed by atoms with Crippen molar-refractivity contribution in [3.05, 3.63) is 23.0 Å². The number of nitriles is 1. The highest BCUT2D eigenvalue weighted by Gasteiger charge is 2.55. The van der Waals surface area contributed by atoms with E-state index in [0.717, 1.165) is 56.9 Å². The van der Waals surface area contributed by atoms with Crippen LogP contribution in [0.15, 0.2) is 6.07 Å². The number of ether oxygens (including phenoxy) is 1. The lowest BCUT2D eigenvalue weighted by atomic mass is 9.58. The maximum atomic E-state index is 10.3. The lowest BCUT2D eigenvalue weighted by Gasteiger charge is -2.56. The van der Waals surface area contributed by atoms with E-state index in [2.05, 4.69) is 17.9 Å². The van der Waals surface area contributed by atoms with Crippen molar-refractivity contribution in [1.29, 1.82) is 5.26 Å². The van der Waals surface area contributed by atoms with Gasteiger partial charge in [0.15, 0.2) is 0 Å². The van der Waals surface area contributed by atoms with Gasteiger partial charge >= 0.3 is 0 Å². The van der Waals surface area contributed by atoms with E-state index in [1.165, 1.54) is 5.56 Å². The van der Waals surface area contributed by atoms with Gasteiger partial charge in [-0.2, -0.15) is 5.26 Å². The normalized spacial score (nSPS) is 26.9. The van der Waals surface area contributed by atoms with Crippen molar-refractivity contribution in [2.45, 2.75) is 51.9 Å². The quantitative estimate of drug-likeness (QED) is 0.922. The van der Waals surface area contributed by atoms with Crippen LogP contribution >= 0.6 is 0 Å². The number of aromatic nitrogens is 1. The molecule has 1 saturated carbocycles. The second kappa shape index (κ2) is 6.27. The van der Waals surface area contributed by atoms with Crippen molar-refractivity contribution in [3.63, 3.8) is 0 Å². The minimum absolute atomic E-state index is 0.0178. The Bertz CT molecular complexity index is 607. The zero-order valence-electron chi connectivity index (χ0n) is 14.4. The second-order valence-electron chi connectivity index (χ2n) is 7.02. The Hall–Kier alpha value is -1.35. The summed E-state index contributed by atoms with van der Waals surface area (Å²) < 4.78 is 7.79. The second-order valence-corrected chi connectivity index (χ2v) is 7.02. The fraction of sp³-hybridized carbons (Fsp3) is 0.722. The molecule has 2 atom stereocenters. The van der Waals surface area contributed by atoms with Gasteiger partial charge in [0, 0.05) is 37.7 Å². The zero-order valence-corrected chi connectivity index (χ0v) is 14.4. The first-order valence-corrected chi connectivity index (χ1v) is 8.59. The van der Waals surface area contributed by atoms with Gasteiger partial charge < -0.3 is 14.4 Å². The molecule has 1 aliphatic carbocycles. The zero-order chi connectivity index (χ0) is 16.6.